The summed E-state index contributed by atoms with van der Waals surface area (Å²) >= 11 is 0. The highest BCUT2D eigenvalue weighted by molar-refractivity contribution is 4.82. The Morgan fingerprint density at radius 2 is 2.06 bits per heavy atom. The summed E-state index contributed by atoms with van der Waals surface area (Å²) in [6.45, 7) is 5.79. The Kier molecular flexibility index (Phi) is 4.62. The van der Waals surface area contributed by atoms with Crippen LogP contribution in [0.25, 0.3) is 0 Å². The second-order valence-electron chi connectivity index (χ2n) is 5.38. The molecule has 0 bridgehead atoms. The molecule has 16 heavy (non-hydrogen) atoms. The fourth-order valence-corrected chi connectivity index (χ4v) is 2.94. The third kappa shape index (κ3) is 3.19. The quantitative estimate of drug-likeness (QED) is 0.771. The average molecular weight is 226 g/mol. The van der Waals surface area contributed by atoms with Gasteiger partial charge in [-0.25, -0.2) is 0 Å². The van der Waals surface area contributed by atoms with E-state index in [-0.39, 0.29) is 0 Å². The summed E-state index contributed by atoms with van der Waals surface area (Å²) in [7, 11) is 1.83. The van der Waals surface area contributed by atoms with E-state index in [9.17, 15) is 0 Å². The summed E-state index contributed by atoms with van der Waals surface area (Å²) in [6, 6.07) is 1.45. The minimum Gasteiger partial charge on any atom is -0.380 e. The normalized spacial score (nSPS) is 30.0. The fourth-order valence-electron chi connectivity index (χ4n) is 2.94. The third-order valence-corrected chi connectivity index (χ3v) is 4.19. The van der Waals surface area contributed by atoms with E-state index in [1.54, 1.807) is 0 Å². The fraction of sp³-hybridized carbons (Fsp3) is 1.00. The zero-order chi connectivity index (χ0) is 11.4. The van der Waals surface area contributed by atoms with Crippen LogP contribution in [0.1, 0.15) is 39.0 Å². The van der Waals surface area contributed by atoms with Gasteiger partial charge in [-0.2, -0.15) is 0 Å². The number of likely N-dealkylation sites (tertiary alicyclic amines) is 1. The standard InChI is InChI=1S/C13H26N2O/c1-11(9-14-12-5-3-4-6-12)15-8-7-13(10-15)16-2/h11-14H,3-10H2,1-2H3. The van der Waals surface area contributed by atoms with E-state index < -0.39 is 0 Å². The van der Waals surface area contributed by atoms with Gasteiger partial charge >= 0.3 is 0 Å². The Morgan fingerprint density at radius 1 is 1.31 bits per heavy atom. The highest BCUT2D eigenvalue weighted by Gasteiger charge is 2.26. The van der Waals surface area contributed by atoms with Gasteiger partial charge in [0.2, 0.25) is 0 Å². The van der Waals surface area contributed by atoms with Crippen molar-refractivity contribution in [3.05, 3.63) is 0 Å². The minimum atomic E-state index is 0.467. The second-order valence-corrected chi connectivity index (χ2v) is 5.38. The summed E-state index contributed by atoms with van der Waals surface area (Å²) in [5.74, 6) is 0. The molecule has 1 heterocycles. The number of rotatable bonds is 5. The van der Waals surface area contributed by atoms with Gasteiger partial charge in [-0.15, -0.1) is 0 Å². The highest BCUT2D eigenvalue weighted by Crippen LogP contribution is 2.18. The molecule has 1 N–H and O–H groups in total. The molecule has 2 unspecified atom stereocenters. The maximum Gasteiger partial charge on any atom is 0.0710 e. The molecule has 0 amide bonds. The molecule has 3 heteroatoms. The van der Waals surface area contributed by atoms with Crippen LogP contribution < -0.4 is 5.32 Å². The van der Waals surface area contributed by atoms with Gasteiger partial charge in [-0.05, 0) is 26.2 Å². The largest absolute Gasteiger partial charge is 0.380 e. The number of ether oxygens (including phenoxy) is 1. The lowest BCUT2D eigenvalue weighted by molar-refractivity contribution is 0.102. The molecule has 0 aromatic rings. The monoisotopic (exact) mass is 226 g/mol. The number of hydrogen-bond donors (Lipinski definition) is 1. The lowest BCUT2D eigenvalue weighted by atomic mass is 10.2. The SMILES string of the molecule is COC1CCN(C(C)CNC2CCCC2)C1. The van der Waals surface area contributed by atoms with E-state index in [1.165, 1.54) is 38.6 Å². The predicted octanol–water partition coefficient (Wildman–Crippen LogP) is 1.63. The molecule has 3 nitrogen and oxygen atoms in total. The zero-order valence-electron chi connectivity index (χ0n) is 10.7. The van der Waals surface area contributed by atoms with Gasteiger partial charge in [-0.1, -0.05) is 12.8 Å². The first-order valence-corrected chi connectivity index (χ1v) is 6.80. The number of hydrogen-bond acceptors (Lipinski definition) is 3. The van der Waals surface area contributed by atoms with Gasteiger partial charge in [0, 0.05) is 38.8 Å². The van der Waals surface area contributed by atoms with Gasteiger partial charge in [0.25, 0.3) is 0 Å². The van der Waals surface area contributed by atoms with Crippen molar-refractivity contribution in [2.75, 3.05) is 26.7 Å². The van der Waals surface area contributed by atoms with Crippen molar-refractivity contribution in [3.8, 4) is 0 Å². The molecule has 2 fully saturated rings. The van der Waals surface area contributed by atoms with Gasteiger partial charge in [-0.3, -0.25) is 4.90 Å². The molecule has 1 aliphatic carbocycles. The molecule has 1 aliphatic heterocycles. The maximum atomic E-state index is 5.41. The van der Waals surface area contributed by atoms with Crippen molar-refractivity contribution in [1.82, 2.24) is 10.2 Å². The number of methoxy groups -OCH3 is 1. The van der Waals surface area contributed by atoms with Gasteiger partial charge in [0.05, 0.1) is 6.10 Å². The minimum absolute atomic E-state index is 0.467. The van der Waals surface area contributed by atoms with E-state index in [4.69, 9.17) is 4.74 Å². The van der Waals surface area contributed by atoms with Gasteiger partial charge < -0.3 is 10.1 Å². The third-order valence-electron chi connectivity index (χ3n) is 4.19. The summed E-state index contributed by atoms with van der Waals surface area (Å²) in [5, 5.41) is 3.71. The molecule has 2 rings (SSSR count). The first-order valence-electron chi connectivity index (χ1n) is 6.80. The van der Waals surface area contributed by atoms with Crippen LogP contribution in [-0.4, -0.2) is 49.8 Å². The average Bonchev–Trinajstić information content (AvgIpc) is 2.96. The van der Waals surface area contributed by atoms with Crippen LogP contribution in [0.5, 0.6) is 0 Å². The molecule has 1 saturated carbocycles. The van der Waals surface area contributed by atoms with Crippen LogP contribution in [0.2, 0.25) is 0 Å². The lowest BCUT2D eigenvalue weighted by Gasteiger charge is -2.26. The zero-order valence-corrected chi connectivity index (χ0v) is 10.7. The van der Waals surface area contributed by atoms with E-state index in [1.807, 2.05) is 7.11 Å². The Labute approximate surface area is 99.5 Å². The predicted molar refractivity (Wildman–Crippen MR) is 66.7 cm³/mol. The van der Waals surface area contributed by atoms with Crippen LogP contribution in [-0.2, 0) is 4.74 Å². The molecule has 0 radical (unpaired) electrons. The summed E-state index contributed by atoms with van der Waals surface area (Å²) < 4.78 is 5.41. The molecule has 0 aromatic heterocycles. The first-order chi connectivity index (χ1) is 7.79. The second kappa shape index (κ2) is 5.99. The highest BCUT2D eigenvalue weighted by atomic mass is 16.5. The molecular formula is C13H26N2O. The first kappa shape index (κ1) is 12.3. The summed E-state index contributed by atoms with van der Waals surface area (Å²) in [5.41, 5.74) is 0. The van der Waals surface area contributed by atoms with Crippen LogP contribution >= 0.6 is 0 Å². The van der Waals surface area contributed by atoms with E-state index in [0.717, 1.165) is 19.1 Å². The Bertz CT molecular complexity index is 204. The Balaban J connectivity index is 1.65. The molecule has 0 spiro atoms. The van der Waals surface area contributed by atoms with E-state index in [2.05, 4.69) is 17.1 Å². The molecule has 1 saturated heterocycles. The molecule has 2 aliphatic rings. The summed E-state index contributed by atoms with van der Waals surface area (Å²) in [4.78, 5) is 2.55. The number of nitrogens with one attached hydrogen (secondary N) is 1. The maximum absolute atomic E-state index is 5.41. The Morgan fingerprint density at radius 3 is 2.69 bits per heavy atom. The van der Waals surface area contributed by atoms with Crippen molar-refractivity contribution in [2.24, 2.45) is 0 Å². The molecule has 2 atom stereocenters. The van der Waals surface area contributed by atoms with Crippen molar-refractivity contribution in [1.29, 1.82) is 0 Å². The van der Waals surface area contributed by atoms with E-state index in [0.29, 0.717) is 12.1 Å². The van der Waals surface area contributed by atoms with Crippen molar-refractivity contribution < 1.29 is 4.74 Å². The smallest absolute Gasteiger partial charge is 0.0710 e. The lowest BCUT2D eigenvalue weighted by Crippen LogP contribution is -2.42. The molecular weight excluding hydrogens is 200 g/mol. The van der Waals surface area contributed by atoms with Crippen molar-refractivity contribution in [3.63, 3.8) is 0 Å². The van der Waals surface area contributed by atoms with Crippen molar-refractivity contribution in [2.45, 2.75) is 57.2 Å². The van der Waals surface area contributed by atoms with Crippen LogP contribution in [0.4, 0.5) is 0 Å². The molecule has 94 valence electrons. The Hall–Kier alpha value is -0.120. The molecule has 0 aromatic carbocycles. The van der Waals surface area contributed by atoms with Gasteiger partial charge in [0.1, 0.15) is 0 Å². The number of nitrogens with zero attached hydrogens (tertiary/aromatic N) is 1. The van der Waals surface area contributed by atoms with Crippen LogP contribution in [0.3, 0.4) is 0 Å². The summed E-state index contributed by atoms with van der Waals surface area (Å²) in [6.07, 6.45) is 7.27. The van der Waals surface area contributed by atoms with Gasteiger partial charge in [0.15, 0.2) is 0 Å². The van der Waals surface area contributed by atoms with Crippen LogP contribution in [0.15, 0.2) is 0 Å². The topological polar surface area (TPSA) is 24.5 Å². The van der Waals surface area contributed by atoms with Crippen molar-refractivity contribution >= 4 is 0 Å². The van der Waals surface area contributed by atoms with E-state index >= 15 is 0 Å². The van der Waals surface area contributed by atoms with Crippen LogP contribution in [0, 0.1) is 0 Å².